The van der Waals surface area contributed by atoms with Crippen LogP contribution in [0.2, 0.25) is 0 Å². The van der Waals surface area contributed by atoms with Crippen LogP contribution in [0.1, 0.15) is 12.5 Å². The van der Waals surface area contributed by atoms with Crippen molar-refractivity contribution < 1.29 is 0 Å². The standard InChI is InChI=1S/C17H16N2/c1-4-5-14(2)6-7-15-8-10-16(11-9-15)17-12-13-18-19(17)3/h4-5,8-13H,1H2,2-3H3/b14-5+. The third-order valence-electron chi connectivity index (χ3n) is 2.77. The molecular formula is C17H16N2. The summed E-state index contributed by atoms with van der Waals surface area (Å²) in [5.74, 6) is 6.22. The summed E-state index contributed by atoms with van der Waals surface area (Å²) in [6.07, 6.45) is 5.44. The molecule has 0 N–H and O–H groups in total. The highest BCUT2D eigenvalue weighted by Crippen LogP contribution is 2.18. The minimum absolute atomic E-state index is 1.00. The van der Waals surface area contributed by atoms with E-state index in [4.69, 9.17) is 0 Å². The Hall–Kier alpha value is -2.53. The Morgan fingerprint density at radius 1 is 1.26 bits per heavy atom. The zero-order valence-corrected chi connectivity index (χ0v) is 11.2. The monoisotopic (exact) mass is 248 g/mol. The van der Waals surface area contributed by atoms with Gasteiger partial charge in [-0.15, -0.1) is 0 Å². The van der Waals surface area contributed by atoms with Gasteiger partial charge in [0.25, 0.3) is 0 Å². The normalized spacial score (nSPS) is 10.7. The van der Waals surface area contributed by atoms with Gasteiger partial charge in [-0.05, 0) is 36.3 Å². The number of hydrogen-bond donors (Lipinski definition) is 0. The highest BCUT2D eigenvalue weighted by atomic mass is 15.2. The van der Waals surface area contributed by atoms with Gasteiger partial charge in [0.2, 0.25) is 0 Å². The minimum atomic E-state index is 1.00. The van der Waals surface area contributed by atoms with Gasteiger partial charge < -0.3 is 0 Å². The van der Waals surface area contributed by atoms with E-state index in [-0.39, 0.29) is 0 Å². The summed E-state index contributed by atoms with van der Waals surface area (Å²) < 4.78 is 1.86. The number of aromatic nitrogens is 2. The molecule has 0 spiro atoms. The number of nitrogens with zero attached hydrogens (tertiary/aromatic N) is 2. The Kier molecular flexibility index (Phi) is 4.00. The lowest BCUT2D eigenvalue weighted by molar-refractivity contribution is 0.776. The first-order chi connectivity index (χ1) is 9.20. The van der Waals surface area contributed by atoms with Crippen molar-refractivity contribution in [2.75, 3.05) is 0 Å². The van der Waals surface area contributed by atoms with E-state index in [0.717, 1.165) is 22.4 Å². The van der Waals surface area contributed by atoms with E-state index in [1.54, 1.807) is 12.3 Å². The molecule has 19 heavy (non-hydrogen) atoms. The quantitative estimate of drug-likeness (QED) is 0.587. The molecule has 0 unspecified atom stereocenters. The molecule has 0 fully saturated rings. The van der Waals surface area contributed by atoms with E-state index in [1.165, 1.54) is 0 Å². The summed E-state index contributed by atoms with van der Waals surface area (Å²) in [4.78, 5) is 0. The summed E-state index contributed by atoms with van der Waals surface area (Å²) in [7, 11) is 1.94. The van der Waals surface area contributed by atoms with Crippen molar-refractivity contribution in [3.63, 3.8) is 0 Å². The number of hydrogen-bond acceptors (Lipinski definition) is 1. The van der Waals surface area contributed by atoms with Gasteiger partial charge in [-0.1, -0.05) is 42.7 Å². The molecule has 0 saturated carbocycles. The van der Waals surface area contributed by atoms with Gasteiger partial charge in [-0.2, -0.15) is 5.10 Å². The second-order valence-corrected chi connectivity index (χ2v) is 4.25. The highest BCUT2D eigenvalue weighted by Gasteiger charge is 2.01. The van der Waals surface area contributed by atoms with Crippen LogP contribution in [0, 0.1) is 11.8 Å². The smallest absolute Gasteiger partial charge is 0.0678 e. The average Bonchev–Trinajstić information content (AvgIpc) is 2.84. The van der Waals surface area contributed by atoms with Gasteiger partial charge in [-0.25, -0.2) is 0 Å². The Labute approximate surface area is 114 Å². The third-order valence-corrected chi connectivity index (χ3v) is 2.77. The third kappa shape index (κ3) is 3.23. The zero-order chi connectivity index (χ0) is 13.7. The Morgan fingerprint density at radius 2 is 2.00 bits per heavy atom. The van der Waals surface area contributed by atoms with Crippen molar-refractivity contribution in [3.8, 4) is 23.1 Å². The van der Waals surface area contributed by atoms with Crippen molar-refractivity contribution in [2.45, 2.75) is 6.92 Å². The van der Waals surface area contributed by atoms with Crippen molar-refractivity contribution in [2.24, 2.45) is 7.05 Å². The fraction of sp³-hybridized carbons (Fsp3) is 0.118. The predicted octanol–water partition coefficient (Wildman–Crippen LogP) is 3.57. The SMILES string of the molecule is C=C/C=C(\C)C#Cc1ccc(-c2ccnn2C)cc1. The van der Waals surface area contributed by atoms with Crippen LogP contribution in [0.5, 0.6) is 0 Å². The van der Waals surface area contributed by atoms with Crippen molar-refractivity contribution in [3.05, 3.63) is 66.4 Å². The summed E-state index contributed by atoms with van der Waals surface area (Å²) in [5, 5.41) is 4.17. The van der Waals surface area contributed by atoms with Crippen molar-refractivity contribution >= 4 is 0 Å². The van der Waals surface area contributed by atoms with E-state index in [9.17, 15) is 0 Å². The average molecular weight is 248 g/mol. The van der Waals surface area contributed by atoms with Crippen LogP contribution in [0.4, 0.5) is 0 Å². The molecule has 0 radical (unpaired) electrons. The molecule has 0 bridgehead atoms. The lowest BCUT2D eigenvalue weighted by Crippen LogP contribution is -1.92. The Balaban J connectivity index is 2.22. The van der Waals surface area contributed by atoms with Crippen LogP contribution in [-0.2, 0) is 7.05 Å². The Bertz CT molecular complexity index is 661. The molecule has 2 heteroatoms. The summed E-state index contributed by atoms with van der Waals surface area (Å²) in [6.45, 7) is 5.62. The van der Waals surface area contributed by atoms with Crippen LogP contribution in [0.25, 0.3) is 11.3 Å². The van der Waals surface area contributed by atoms with Crippen molar-refractivity contribution in [1.82, 2.24) is 9.78 Å². The maximum Gasteiger partial charge on any atom is 0.0678 e. The molecule has 0 aliphatic heterocycles. The molecule has 1 heterocycles. The predicted molar refractivity (Wildman–Crippen MR) is 79.5 cm³/mol. The fourth-order valence-electron chi connectivity index (χ4n) is 1.77. The minimum Gasteiger partial charge on any atom is -0.268 e. The second kappa shape index (κ2) is 5.88. The molecule has 2 rings (SSSR count). The van der Waals surface area contributed by atoms with Gasteiger partial charge >= 0.3 is 0 Å². The summed E-state index contributed by atoms with van der Waals surface area (Å²) >= 11 is 0. The van der Waals surface area contributed by atoms with Crippen LogP contribution in [0.15, 0.2) is 60.8 Å². The van der Waals surface area contributed by atoms with E-state index >= 15 is 0 Å². The molecule has 1 aromatic heterocycles. The number of aryl methyl sites for hydroxylation is 1. The summed E-state index contributed by atoms with van der Waals surface area (Å²) in [6, 6.07) is 10.2. The van der Waals surface area contributed by atoms with E-state index in [2.05, 4.69) is 35.7 Å². The second-order valence-electron chi connectivity index (χ2n) is 4.25. The van der Waals surface area contributed by atoms with Gasteiger partial charge in [-0.3, -0.25) is 4.68 Å². The maximum absolute atomic E-state index is 4.17. The molecule has 0 amide bonds. The van der Waals surface area contributed by atoms with E-state index < -0.39 is 0 Å². The molecule has 0 aliphatic rings. The zero-order valence-electron chi connectivity index (χ0n) is 11.2. The molecule has 2 nitrogen and oxygen atoms in total. The van der Waals surface area contributed by atoms with Gasteiger partial charge in [0.15, 0.2) is 0 Å². The molecule has 94 valence electrons. The van der Waals surface area contributed by atoms with Crippen molar-refractivity contribution in [1.29, 1.82) is 0 Å². The molecule has 0 saturated heterocycles. The largest absolute Gasteiger partial charge is 0.268 e. The first-order valence-electron chi connectivity index (χ1n) is 6.10. The maximum atomic E-state index is 4.17. The number of rotatable bonds is 2. The van der Waals surface area contributed by atoms with Gasteiger partial charge in [0.1, 0.15) is 0 Å². The van der Waals surface area contributed by atoms with Crippen LogP contribution >= 0.6 is 0 Å². The van der Waals surface area contributed by atoms with Crippen LogP contribution < -0.4 is 0 Å². The van der Waals surface area contributed by atoms with E-state index in [1.807, 2.05) is 42.9 Å². The van der Waals surface area contributed by atoms with Gasteiger partial charge in [0.05, 0.1) is 5.69 Å². The topological polar surface area (TPSA) is 17.8 Å². The molecule has 1 aromatic carbocycles. The van der Waals surface area contributed by atoms with Gasteiger partial charge in [0, 0.05) is 18.8 Å². The molecule has 0 aliphatic carbocycles. The number of allylic oxidation sites excluding steroid dienone is 3. The highest BCUT2D eigenvalue weighted by molar-refractivity contribution is 5.60. The van der Waals surface area contributed by atoms with Crippen LogP contribution in [0.3, 0.4) is 0 Å². The van der Waals surface area contributed by atoms with Crippen LogP contribution in [-0.4, -0.2) is 9.78 Å². The molecular weight excluding hydrogens is 232 g/mol. The first-order valence-corrected chi connectivity index (χ1v) is 6.10. The first kappa shape index (κ1) is 12.9. The Morgan fingerprint density at radius 3 is 2.58 bits per heavy atom. The number of benzene rings is 1. The fourth-order valence-corrected chi connectivity index (χ4v) is 1.77. The lowest BCUT2D eigenvalue weighted by atomic mass is 10.1. The van der Waals surface area contributed by atoms with E-state index in [0.29, 0.717) is 0 Å². The summed E-state index contributed by atoms with van der Waals surface area (Å²) in [5.41, 5.74) is 4.25. The molecule has 2 aromatic rings. The lowest BCUT2D eigenvalue weighted by Gasteiger charge is -2.01. The molecule has 0 atom stereocenters.